The maximum atomic E-state index is 6.40. The van der Waals surface area contributed by atoms with E-state index in [1.54, 1.807) is 11.3 Å². The molecule has 238 valence electrons. The zero-order valence-electron chi connectivity index (χ0n) is 27.7. The molecule has 0 radical (unpaired) electrons. The van der Waals surface area contributed by atoms with Crippen LogP contribution in [0.2, 0.25) is 0 Å². The molecule has 7 aromatic carbocycles. The molecule has 3 nitrogen and oxygen atoms in total. The second-order valence-corrected chi connectivity index (χ2v) is 14.6. The van der Waals surface area contributed by atoms with Gasteiger partial charge in [0.1, 0.15) is 16.2 Å². The molecule has 9 aromatic rings. The predicted molar refractivity (Wildman–Crippen MR) is 210 cm³/mol. The Labute approximate surface area is 294 Å². The average Bonchev–Trinajstić information content (AvgIpc) is 3.83. The van der Waals surface area contributed by atoms with Crippen LogP contribution in [0.4, 0.5) is 17.1 Å². The summed E-state index contributed by atoms with van der Waals surface area (Å²) in [5.74, 6) is 0. The SMILES string of the molecule is CC1(C)c2ccccc2-c2ccc(N(c3ccc(-c4cccc5c4oc4ccccc45)cc3)c3ccc4sc(-c5ccccc5)nc4c3)cc21. The van der Waals surface area contributed by atoms with E-state index in [1.807, 2.05) is 18.2 Å². The first-order valence-corrected chi connectivity index (χ1v) is 17.9. The highest BCUT2D eigenvalue weighted by molar-refractivity contribution is 7.21. The molecule has 0 atom stereocenters. The standard InChI is InChI=1S/C46H32N2OS/c1-46(2)39-17-8-6-13-35(39)36-25-23-32(27-40(36)46)48(33-24-26-43-41(28-33)47-45(50-43)30-11-4-3-5-12-30)31-21-19-29(20-22-31)34-15-10-16-38-37-14-7-9-18-42(37)49-44(34)38/h3-28H,1-2H3. The van der Waals surface area contributed by atoms with Crippen LogP contribution in [-0.2, 0) is 5.41 Å². The van der Waals surface area contributed by atoms with E-state index in [2.05, 4.69) is 158 Å². The van der Waals surface area contributed by atoms with Crippen LogP contribution in [0, 0.1) is 0 Å². The number of aromatic nitrogens is 1. The van der Waals surface area contributed by atoms with E-state index in [1.165, 1.54) is 27.0 Å². The Balaban J connectivity index is 1.11. The molecule has 4 heteroatoms. The molecular weight excluding hydrogens is 629 g/mol. The second-order valence-electron chi connectivity index (χ2n) is 13.6. The topological polar surface area (TPSA) is 29.3 Å². The van der Waals surface area contributed by atoms with Crippen molar-refractivity contribution in [1.82, 2.24) is 4.98 Å². The first kappa shape index (κ1) is 29.0. The number of thiazole rings is 1. The van der Waals surface area contributed by atoms with Crippen molar-refractivity contribution < 1.29 is 4.42 Å². The van der Waals surface area contributed by atoms with Gasteiger partial charge in [0.15, 0.2) is 0 Å². The number of anilines is 3. The largest absolute Gasteiger partial charge is 0.455 e. The van der Waals surface area contributed by atoms with Crippen molar-refractivity contribution in [2.45, 2.75) is 19.3 Å². The lowest BCUT2D eigenvalue weighted by Crippen LogP contribution is -2.16. The lowest BCUT2D eigenvalue weighted by Gasteiger charge is -2.28. The maximum absolute atomic E-state index is 6.40. The van der Waals surface area contributed by atoms with Crippen molar-refractivity contribution in [3.05, 3.63) is 169 Å². The van der Waals surface area contributed by atoms with Crippen molar-refractivity contribution in [3.63, 3.8) is 0 Å². The number of para-hydroxylation sites is 2. The number of fused-ring (bicyclic) bond motifs is 7. The van der Waals surface area contributed by atoms with Crippen molar-refractivity contribution >= 4 is 60.6 Å². The third-order valence-corrected chi connectivity index (χ3v) is 11.4. The van der Waals surface area contributed by atoms with Crippen LogP contribution in [0.3, 0.4) is 0 Å². The lowest BCUT2D eigenvalue weighted by molar-refractivity contribution is 0.660. The highest BCUT2D eigenvalue weighted by Crippen LogP contribution is 2.51. The fourth-order valence-corrected chi connectivity index (χ4v) is 8.75. The smallest absolute Gasteiger partial charge is 0.143 e. The zero-order valence-corrected chi connectivity index (χ0v) is 28.5. The Bertz CT molecular complexity index is 2740. The molecule has 0 saturated heterocycles. The minimum atomic E-state index is -0.105. The number of rotatable bonds is 5. The molecule has 0 unspecified atom stereocenters. The number of benzene rings is 7. The number of hydrogen-bond donors (Lipinski definition) is 0. The summed E-state index contributed by atoms with van der Waals surface area (Å²) in [7, 11) is 0. The van der Waals surface area contributed by atoms with E-state index in [0.717, 1.165) is 66.2 Å². The molecule has 2 heterocycles. The average molecular weight is 661 g/mol. The van der Waals surface area contributed by atoms with Gasteiger partial charge in [0.05, 0.1) is 10.2 Å². The zero-order chi connectivity index (χ0) is 33.4. The van der Waals surface area contributed by atoms with Crippen molar-refractivity contribution in [3.8, 4) is 32.8 Å². The number of hydrogen-bond acceptors (Lipinski definition) is 4. The molecule has 0 N–H and O–H groups in total. The van der Waals surface area contributed by atoms with Gasteiger partial charge in [-0.1, -0.05) is 123 Å². The van der Waals surface area contributed by atoms with Gasteiger partial charge in [-0.05, 0) is 76.3 Å². The minimum absolute atomic E-state index is 0.105. The summed E-state index contributed by atoms with van der Waals surface area (Å²) in [4.78, 5) is 7.47. The van der Waals surface area contributed by atoms with E-state index in [0.29, 0.717) is 0 Å². The maximum Gasteiger partial charge on any atom is 0.143 e. The van der Waals surface area contributed by atoms with E-state index in [4.69, 9.17) is 9.40 Å². The summed E-state index contributed by atoms with van der Waals surface area (Å²) < 4.78 is 7.58. The molecule has 50 heavy (non-hydrogen) atoms. The van der Waals surface area contributed by atoms with Crippen LogP contribution >= 0.6 is 11.3 Å². The van der Waals surface area contributed by atoms with E-state index >= 15 is 0 Å². The van der Waals surface area contributed by atoms with Crippen LogP contribution in [0.15, 0.2) is 162 Å². The van der Waals surface area contributed by atoms with Crippen molar-refractivity contribution in [1.29, 1.82) is 0 Å². The third-order valence-electron chi connectivity index (χ3n) is 10.3. The van der Waals surface area contributed by atoms with Crippen molar-refractivity contribution in [2.75, 3.05) is 4.90 Å². The normalized spacial score (nSPS) is 13.2. The van der Waals surface area contributed by atoms with Crippen LogP contribution in [0.25, 0.3) is 65.0 Å². The Morgan fingerprint density at radius 2 is 1.22 bits per heavy atom. The van der Waals surface area contributed by atoms with Gasteiger partial charge in [-0.2, -0.15) is 0 Å². The van der Waals surface area contributed by atoms with E-state index in [-0.39, 0.29) is 5.41 Å². The molecule has 10 rings (SSSR count). The molecule has 1 aliphatic carbocycles. The van der Waals surface area contributed by atoms with E-state index in [9.17, 15) is 0 Å². The molecule has 1 aliphatic rings. The predicted octanol–water partition coefficient (Wildman–Crippen LogP) is 13.3. The van der Waals surface area contributed by atoms with E-state index < -0.39 is 0 Å². The molecule has 0 bridgehead atoms. The highest BCUT2D eigenvalue weighted by atomic mass is 32.1. The number of nitrogens with zero attached hydrogens (tertiary/aromatic N) is 2. The molecular formula is C46H32N2OS. The van der Waals surface area contributed by atoms with Gasteiger partial charge in [-0.3, -0.25) is 0 Å². The van der Waals surface area contributed by atoms with Gasteiger partial charge in [0.2, 0.25) is 0 Å². The molecule has 0 spiro atoms. The number of furan rings is 1. The van der Waals surface area contributed by atoms with Gasteiger partial charge in [-0.15, -0.1) is 11.3 Å². The molecule has 2 aromatic heterocycles. The monoisotopic (exact) mass is 660 g/mol. The Morgan fingerprint density at radius 1 is 0.540 bits per heavy atom. The minimum Gasteiger partial charge on any atom is -0.455 e. The van der Waals surface area contributed by atoms with Gasteiger partial charge in [-0.25, -0.2) is 4.98 Å². The highest BCUT2D eigenvalue weighted by Gasteiger charge is 2.35. The Morgan fingerprint density at radius 3 is 2.10 bits per heavy atom. The summed E-state index contributed by atoms with van der Waals surface area (Å²) in [5.41, 5.74) is 14.7. The molecule has 0 saturated carbocycles. The summed E-state index contributed by atoms with van der Waals surface area (Å²) in [6, 6.07) is 56.5. The summed E-state index contributed by atoms with van der Waals surface area (Å²) in [6.45, 7) is 4.68. The fourth-order valence-electron chi connectivity index (χ4n) is 7.80. The van der Waals surface area contributed by atoms with Gasteiger partial charge >= 0.3 is 0 Å². The van der Waals surface area contributed by atoms with Gasteiger partial charge in [0.25, 0.3) is 0 Å². The van der Waals surface area contributed by atoms with Crippen molar-refractivity contribution in [2.24, 2.45) is 0 Å². The summed E-state index contributed by atoms with van der Waals surface area (Å²) in [6.07, 6.45) is 0. The first-order valence-electron chi connectivity index (χ1n) is 17.0. The molecule has 0 aliphatic heterocycles. The third kappa shape index (κ3) is 4.45. The second kappa shape index (κ2) is 11.0. The molecule has 0 fully saturated rings. The molecule has 0 amide bonds. The Hall–Kier alpha value is -5.97. The summed E-state index contributed by atoms with van der Waals surface area (Å²) >= 11 is 1.73. The lowest BCUT2D eigenvalue weighted by atomic mass is 9.82. The van der Waals surface area contributed by atoms with Gasteiger partial charge in [0, 0.05) is 44.4 Å². The van der Waals surface area contributed by atoms with Gasteiger partial charge < -0.3 is 9.32 Å². The van der Waals surface area contributed by atoms with Crippen LogP contribution in [0.1, 0.15) is 25.0 Å². The first-order chi connectivity index (χ1) is 24.5. The fraction of sp³-hybridized carbons (Fsp3) is 0.0652. The van der Waals surface area contributed by atoms with Crippen LogP contribution in [-0.4, -0.2) is 4.98 Å². The quantitative estimate of drug-likeness (QED) is 0.184. The summed E-state index contributed by atoms with van der Waals surface area (Å²) in [5, 5.41) is 3.31. The van der Waals surface area contributed by atoms with Crippen LogP contribution in [0.5, 0.6) is 0 Å². The Kier molecular flexibility index (Phi) is 6.39. The van der Waals surface area contributed by atoms with Crippen LogP contribution < -0.4 is 4.90 Å².